The van der Waals surface area contributed by atoms with Crippen LogP contribution < -0.4 is 10.1 Å². The molecule has 0 radical (unpaired) electrons. The number of hydrogen-bond donors (Lipinski definition) is 2. The van der Waals surface area contributed by atoms with Crippen LogP contribution in [0.1, 0.15) is 26.0 Å². The summed E-state index contributed by atoms with van der Waals surface area (Å²) in [5.74, 6) is -3.41. The van der Waals surface area contributed by atoms with E-state index in [0.29, 0.717) is 11.8 Å². The fourth-order valence-corrected chi connectivity index (χ4v) is 2.58. The van der Waals surface area contributed by atoms with Gasteiger partial charge in [-0.15, -0.1) is 11.3 Å². The Labute approximate surface area is 146 Å². The SMILES string of the molecule is CC(C)(Oc1ccc(F)cc1F)C(=O)Nc1nc(CCC(=O)O)cs1. The molecular formula is C16H16F2N2O4S. The van der Waals surface area contributed by atoms with E-state index in [1.165, 1.54) is 13.8 Å². The van der Waals surface area contributed by atoms with Crippen LogP contribution in [0.15, 0.2) is 23.6 Å². The summed E-state index contributed by atoms with van der Waals surface area (Å²) in [4.78, 5) is 27.0. The average molecular weight is 370 g/mol. The second-order valence-corrected chi connectivity index (χ2v) is 6.54. The summed E-state index contributed by atoms with van der Waals surface area (Å²) in [5.41, 5.74) is -0.892. The van der Waals surface area contributed by atoms with Crippen molar-refractivity contribution >= 4 is 28.3 Å². The van der Waals surface area contributed by atoms with Gasteiger partial charge in [-0.2, -0.15) is 0 Å². The fraction of sp³-hybridized carbons (Fsp3) is 0.312. The third kappa shape index (κ3) is 5.21. The minimum absolute atomic E-state index is 0.0600. The van der Waals surface area contributed by atoms with E-state index in [9.17, 15) is 18.4 Å². The molecule has 0 fully saturated rings. The molecule has 0 aliphatic heterocycles. The number of nitrogens with zero attached hydrogens (tertiary/aromatic N) is 1. The highest BCUT2D eigenvalue weighted by molar-refractivity contribution is 7.13. The van der Waals surface area contributed by atoms with Crippen molar-refractivity contribution < 1.29 is 28.2 Å². The van der Waals surface area contributed by atoms with E-state index in [0.717, 1.165) is 23.5 Å². The zero-order valence-corrected chi connectivity index (χ0v) is 14.3. The molecular weight excluding hydrogens is 354 g/mol. The maximum Gasteiger partial charge on any atom is 0.303 e. The zero-order valence-electron chi connectivity index (χ0n) is 13.5. The molecule has 1 aromatic carbocycles. The van der Waals surface area contributed by atoms with Crippen molar-refractivity contribution in [2.45, 2.75) is 32.3 Å². The van der Waals surface area contributed by atoms with Gasteiger partial charge in [0.05, 0.1) is 12.1 Å². The summed E-state index contributed by atoms with van der Waals surface area (Å²) in [6, 6.07) is 2.80. The lowest BCUT2D eigenvalue weighted by molar-refractivity contribution is -0.137. The third-order valence-corrected chi connectivity index (χ3v) is 3.98. The van der Waals surface area contributed by atoms with Crippen LogP contribution >= 0.6 is 11.3 Å². The molecule has 1 heterocycles. The number of aryl methyl sites for hydroxylation is 1. The third-order valence-electron chi connectivity index (χ3n) is 3.17. The molecule has 0 saturated carbocycles. The van der Waals surface area contributed by atoms with Gasteiger partial charge in [-0.3, -0.25) is 14.9 Å². The number of nitrogens with one attached hydrogen (secondary N) is 1. The van der Waals surface area contributed by atoms with Crippen LogP contribution in [-0.4, -0.2) is 27.6 Å². The Bertz CT molecular complexity index is 792. The highest BCUT2D eigenvalue weighted by atomic mass is 32.1. The topological polar surface area (TPSA) is 88.5 Å². The lowest BCUT2D eigenvalue weighted by atomic mass is 10.1. The quantitative estimate of drug-likeness (QED) is 0.781. The highest BCUT2D eigenvalue weighted by Crippen LogP contribution is 2.25. The van der Waals surface area contributed by atoms with E-state index >= 15 is 0 Å². The number of ether oxygens (including phenoxy) is 1. The number of aromatic nitrogens is 1. The second kappa shape index (κ2) is 7.56. The molecule has 0 unspecified atom stereocenters. The van der Waals surface area contributed by atoms with Crippen molar-refractivity contribution in [2.75, 3.05) is 5.32 Å². The first kappa shape index (κ1) is 18.8. The van der Waals surface area contributed by atoms with Gasteiger partial charge in [-0.1, -0.05) is 0 Å². The molecule has 134 valence electrons. The number of carboxylic acid groups (broad SMARTS) is 1. The maximum atomic E-state index is 13.7. The van der Waals surface area contributed by atoms with Crippen molar-refractivity contribution in [2.24, 2.45) is 0 Å². The van der Waals surface area contributed by atoms with E-state index in [-0.39, 0.29) is 23.7 Å². The number of rotatable bonds is 7. The monoisotopic (exact) mass is 370 g/mol. The van der Waals surface area contributed by atoms with Crippen LogP contribution in [0, 0.1) is 11.6 Å². The first-order valence-electron chi connectivity index (χ1n) is 7.29. The standard InChI is InChI=1S/C16H16F2N2O4S/c1-16(2,24-12-5-3-9(17)7-11(12)18)14(23)20-15-19-10(8-25-15)4-6-13(21)22/h3,5,7-8H,4,6H2,1-2H3,(H,21,22)(H,19,20,23). The lowest BCUT2D eigenvalue weighted by Crippen LogP contribution is -2.42. The molecule has 25 heavy (non-hydrogen) atoms. The van der Waals surface area contributed by atoms with E-state index < -0.39 is 29.1 Å². The Morgan fingerprint density at radius 3 is 2.72 bits per heavy atom. The number of thiazole rings is 1. The van der Waals surface area contributed by atoms with Crippen molar-refractivity contribution in [3.63, 3.8) is 0 Å². The van der Waals surface area contributed by atoms with Crippen LogP contribution in [0.4, 0.5) is 13.9 Å². The number of carbonyl (C=O) groups is 2. The molecule has 2 N–H and O–H groups in total. The molecule has 0 aliphatic rings. The van der Waals surface area contributed by atoms with Gasteiger partial charge in [0.25, 0.3) is 5.91 Å². The number of amides is 1. The van der Waals surface area contributed by atoms with Gasteiger partial charge in [0.2, 0.25) is 0 Å². The molecule has 1 aromatic heterocycles. The van der Waals surface area contributed by atoms with Crippen LogP contribution in [0.3, 0.4) is 0 Å². The number of carbonyl (C=O) groups excluding carboxylic acids is 1. The zero-order chi connectivity index (χ0) is 18.6. The number of halogens is 2. The van der Waals surface area contributed by atoms with Crippen LogP contribution in [0.2, 0.25) is 0 Å². The van der Waals surface area contributed by atoms with Crippen molar-refractivity contribution in [3.05, 3.63) is 40.9 Å². The summed E-state index contributed by atoms with van der Waals surface area (Å²) in [6.07, 6.45) is 0.192. The molecule has 0 saturated heterocycles. The smallest absolute Gasteiger partial charge is 0.303 e. The van der Waals surface area contributed by atoms with Crippen molar-refractivity contribution in [1.29, 1.82) is 0 Å². The molecule has 0 atom stereocenters. The van der Waals surface area contributed by atoms with Crippen LogP contribution in [-0.2, 0) is 16.0 Å². The Morgan fingerprint density at radius 2 is 2.08 bits per heavy atom. The predicted molar refractivity (Wildman–Crippen MR) is 87.8 cm³/mol. The van der Waals surface area contributed by atoms with Gasteiger partial charge >= 0.3 is 5.97 Å². The van der Waals surface area contributed by atoms with Gasteiger partial charge in [0, 0.05) is 17.9 Å². The normalized spacial score (nSPS) is 11.2. The fourth-order valence-electron chi connectivity index (χ4n) is 1.84. The summed E-state index contributed by atoms with van der Waals surface area (Å²) < 4.78 is 31.9. The van der Waals surface area contributed by atoms with Gasteiger partial charge in [-0.05, 0) is 26.0 Å². The number of carboxylic acids is 1. The van der Waals surface area contributed by atoms with Gasteiger partial charge in [0.15, 0.2) is 22.3 Å². The van der Waals surface area contributed by atoms with E-state index in [4.69, 9.17) is 9.84 Å². The van der Waals surface area contributed by atoms with Crippen molar-refractivity contribution in [1.82, 2.24) is 4.98 Å². The van der Waals surface area contributed by atoms with E-state index in [1.807, 2.05) is 0 Å². The van der Waals surface area contributed by atoms with Crippen LogP contribution in [0.25, 0.3) is 0 Å². The predicted octanol–water partition coefficient (Wildman–Crippen LogP) is 3.23. The maximum absolute atomic E-state index is 13.7. The number of aliphatic carboxylic acids is 1. The Balaban J connectivity index is 2.02. The van der Waals surface area contributed by atoms with E-state index in [1.54, 1.807) is 5.38 Å². The Hall–Kier alpha value is -2.55. The largest absolute Gasteiger partial charge is 0.481 e. The summed E-state index contributed by atoms with van der Waals surface area (Å²) >= 11 is 1.14. The lowest BCUT2D eigenvalue weighted by Gasteiger charge is -2.24. The van der Waals surface area contributed by atoms with Gasteiger partial charge < -0.3 is 9.84 Å². The van der Waals surface area contributed by atoms with E-state index in [2.05, 4.69) is 10.3 Å². The molecule has 9 heteroatoms. The van der Waals surface area contributed by atoms with Gasteiger partial charge in [-0.25, -0.2) is 13.8 Å². The molecule has 2 rings (SSSR count). The summed E-state index contributed by atoms with van der Waals surface area (Å²) in [7, 11) is 0. The molecule has 1 amide bonds. The highest BCUT2D eigenvalue weighted by Gasteiger charge is 2.31. The van der Waals surface area contributed by atoms with Gasteiger partial charge in [0.1, 0.15) is 5.82 Å². The molecule has 0 spiro atoms. The average Bonchev–Trinajstić information content (AvgIpc) is 2.95. The number of anilines is 1. The Kier molecular flexibility index (Phi) is 5.68. The first-order valence-corrected chi connectivity index (χ1v) is 8.17. The molecule has 2 aromatic rings. The minimum atomic E-state index is -1.44. The minimum Gasteiger partial charge on any atom is -0.481 e. The summed E-state index contributed by atoms with van der Waals surface area (Å²) in [6.45, 7) is 2.87. The molecule has 0 aliphatic carbocycles. The number of hydrogen-bond acceptors (Lipinski definition) is 5. The number of benzene rings is 1. The molecule has 6 nitrogen and oxygen atoms in total. The van der Waals surface area contributed by atoms with Crippen molar-refractivity contribution in [3.8, 4) is 5.75 Å². The first-order chi connectivity index (χ1) is 11.7. The summed E-state index contributed by atoms with van der Waals surface area (Å²) in [5, 5.41) is 13.1. The second-order valence-electron chi connectivity index (χ2n) is 5.68. The molecule has 0 bridgehead atoms. The van der Waals surface area contributed by atoms with Crippen LogP contribution in [0.5, 0.6) is 5.75 Å². The Morgan fingerprint density at radius 1 is 1.36 bits per heavy atom.